The van der Waals surface area contributed by atoms with E-state index in [0.717, 1.165) is 65.7 Å². The Kier molecular flexibility index (Phi) is 8.60. The lowest BCUT2D eigenvalue weighted by Crippen LogP contribution is -2.00. The Balaban J connectivity index is 0.863. The van der Waals surface area contributed by atoms with Crippen molar-refractivity contribution in [1.29, 1.82) is 0 Å². The summed E-state index contributed by atoms with van der Waals surface area (Å²) in [6.07, 6.45) is 0. The average Bonchev–Trinajstić information content (AvgIpc) is 3.68. The van der Waals surface area contributed by atoms with Gasteiger partial charge in [0.15, 0.2) is 17.5 Å². The highest BCUT2D eigenvalue weighted by Crippen LogP contribution is 2.37. The largest absolute Gasteiger partial charge is 0.243 e. The normalized spacial score (nSPS) is 11.4. The van der Waals surface area contributed by atoms with Gasteiger partial charge in [-0.1, -0.05) is 176 Å². The lowest BCUT2D eigenvalue weighted by Gasteiger charge is -2.10. The summed E-state index contributed by atoms with van der Waals surface area (Å²) in [5.41, 5.74) is 14.9. The van der Waals surface area contributed by atoms with Gasteiger partial charge in [-0.15, -0.1) is 11.3 Å². The lowest BCUT2D eigenvalue weighted by atomic mass is 9.96. The maximum atomic E-state index is 4.99. The Morgan fingerprint density at radius 3 is 1.19 bits per heavy atom. The second-order valence-corrected chi connectivity index (χ2v) is 15.6. The minimum Gasteiger partial charge on any atom is -0.243 e. The molecule has 0 aliphatic rings. The van der Waals surface area contributed by atoms with Crippen LogP contribution in [-0.2, 0) is 0 Å². The van der Waals surface area contributed by atoms with Crippen LogP contribution in [0.1, 0.15) is 0 Å². The maximum absolute atomic E-state index is 4.99. The van der Waals surface area contributed by atoms with Gasteiger partial charge in [-0.3, -0.25) is 0 Å². The molecule has 6 heteroatoms. The van der Waals surface area contributed by atoms with Crippen LogP contribution >= 0.6 is 11.3 Å². The zero-order valence-corrected chi connectivity index (χ0v) is 32.5. The van der Waals surface area contributed by atoms with Crippen molar-refractivity contribution in [3.63, 3.8) is 0 Å². The highest BCUT2D eigenvalue weighted by Gasteiger charge is 2.14. The quantitative estimate of drug-likeness (QED) is 0.161. The summed E-state index contributed by atoms with van der Waals surface area (Å²) in [6, 6.07) is 69.6. The van der Waals surface area contributed by atoms with Gasteiger partial charge in [0, 0.05) is 26.8 Å². The van der Waals surface area contributed by atoms with Crippen molar-refractivity contribution in [2.75, 3.05) is 0 Å². The predicted octanol–water partition coefficient (Wildman–Crippen LogP) is 13.9. The van der Waals surface area contributed by atoms with Crippen molar-refractivity contribution in [3.05, 3.63) is 200 Å². The molecule has 59 heavy (non-hydrogen) atoms. The maximum Gasteiger partial charge on any atom is 0.164 e. The smallest absolute Gasteiger partial charge is 0.164 e. The van der Waals surface area contributed by atoms with Crippen LogP contribution in [0.15, 0.2) is 200 Å². The molecule has 0 amide bonds. The van der Waals surface area contributed by atoms with E-state index in [1.165, 1.54) is 27.0 Å². The molecule has 0 aliphatic heterocycles. The number of rotatable bonds is 7. The van der Waals surface area contributed by atoms with Crippen LogP contribution in [0.25, 0.3) is 110 Å². The van der Waals surface area contributed by atoms with Crippen molar-refractivity contribution in [1.82, 2.24) is 24.9 Å². The molecule has 8 aromatic carbocycles. The molecule has 0 saturated carbocycles. The van der Waals surface area contributed by atoms with E-state index in [4.69, 9.17) is 24.9 Å². The molecule has 0 unspecified atom stereocenters. The third-order valence-electron chi connectivity index (χ3n) is 10.8. The van der Waals surface area contributed by atoms with Gasteiger partial charge in [-0.05, 0) is 68.8 Å². The molecule has 0 fully saturated rings. The summed E-state index contributed by atoms with van der Waals surface area (Å²) in [5.74, 6) is 1.92. The van der Waals surface area contributed by atoms with Crippen LogP contribution in [0, 0.1) is 0 Å². The fourth-order valence-corrected chi connectivity index (χ4v) is 8.72. The van der Waals surface area contributed by atoms with Gasteiger partial charge in [-0.2, -0.15) is 0 Å². The third kappa shape index (κ3) is 6.71. The van der Waals surface area contributed by atoms with Gasteiger partial charge in [0.05, 0.1) is 11.0 Å². The van der Waals surface area contributed by atoms with Gasteiger partial charge in [0.25, 0.3) is 0 Å². The van der Waals surface area contributed by atoms with Crippen molar-refractivity contribution >= 4 is 42.8 Å². The van der Waals surface area contributed by atoms with Crippen LogP contribution in [0.3, 0.4) is 0 Å². The number of benzene rings is 8. The van der Waals surface area contributed by atoms with Crippen LogP contribution in [0.4, 0.5) is 0 Å². The first-order valence-corrected chi connectivity index (χ1v) is 20.4. The molecular formula is C53H33N5S. The van der Waals surface area contributed by atoms with E-state index in [-0.39, 0.29) is 0 Å². The molecule has 5 nitrogen and oxygen atoms in total. The number of nitrogens with zero attached hydrogens (tertiary/aromatic N) is 5. The number of thiophene rings is 1. The van der Waals surface area contributed by atoms with E-state index in [2.05, 4.69) is 140 Å². The minimum absolute atomic E-state index is 0.634. The minimum atomic E-state index is 0.634. The second kappa shape index (κ2) is 14.7. The predicted molar refractivity (Wildman–Crippen MR) is 244 cm³/mol. The molecule has 0 saturated heterocycles. The van der Waals surface area contributed by atoms with Gasteiger partial charge >= 0.3 is 0 Å². The fraction of sp³-hybridized carbons (Fsp3) is 0. The summed E-state index contributed by atoms with van der Waals surface area (Å²) >= 11 is 1.70. The van der Waals surface area contributed by atoms with Gasteiger partial charge in [0.2, 0.25) is 0 Å². The second-order valence-electron chi connectivity index (χ2n) is 14.5. The fourth-order valence-electron chi connectivity index (χ4n) is 7.65. The highest BCUT2D eigenvalue weighted by molar-refractivity contribution is 7.25. The topological polar surface area (TPSA) is 64.5 Å². The Morgan fingerprint density at radius 1 is 0.271 bits per heavy atom. The van der Waals surface area contributed by atoms with Gasteiger partial charge in [-0.25, -0.2) is 24.9 Å². The van der Waals surface area contributed by atoms with Crippen LogP contribution in [0.2, 0.25) is 0 Å². The first-order chi connectivity index (χ1) is 29.2. The van der Waals surface area contributed by atoms with Crippen molar-refractivity contribution in [2.45, 2.75) is 0 Å². The molecule has 0 spiro atoms. The Hall–Kier alpha value is -7.67. The molecule has 11 rings (SSSR count). The molecule has 3 aromatic heterocycles. The monoisotopic (exact) mass is 771 g/mol. The Morgan fingerprint density at radius 2 is 0.644 bits per heavy atom. The molecule has 3 heterocycles. The summed E-state index contributed by atoms with van der Waals surface area (Å²) in [6.45, 7) is 0. The summed E-state index contributed by atoms with van der Waals surface area (Å²) in [7, 11) is 0. The van der Waals surface area contributed by atoms with Gasteiger partial charge in [0.1, 0.15) is 10.3 Å². The lowest BCUT2D eigenvalue weighted by molar-refractivity contribution is 1.07. The standard InChI is InChI=1S/C53H33N5S/c1-3-10-34(11-4-1)35-22-26-40(27-23-35)51-56-50(39-12-5-2-6-13-39)57-52(58-51)41-28-24-37(25-29-41)43-15-9-14-42(32-43)36-18-20-38(21-19-36)44-30-31-45-48(33-44)59-53-49(45)54-46-16-7-8-17-47(46)55-53/h1-33H. The SMILES string of the molecule is c1ccc(-c2ccc(-c3nc(-c4ccccc4)nc(-c4ccc(-c5cccc(-c6ccc(-c7ccc8c(c7)sc7nc9ccccc9nc78)cc6)c5)cc4)n3)cc2)cc1. The average molecular weight is 772 g/mol. The number of hydrogen-bond donors (Lipinski definition) is 0. The summed E-state index contributed by atoms with van der Waals surface area (Å²) in [4.78, 5) is 25.7. The molecule has 0 bridgehead atoms. The van der Waals surface area contributed by atoms with E-state index < -0.39 is 0 Å². The summed E-state index contributed by atoms with van der Waals surface area (Å²) < 4.78 is 1.19. The van der Waals surface area contributed by atoms with Crippen LogP contribution in [0.5, 0.6) is 0 Å². The zero-order valence-electron chi connectivity index (χ0n) is 31.7. The molecule has 0 N–H and O–H groups in total. The van der Waals surface area contributed by atoms with E-state index >= 15 is 0 Å². The van der Waals surface area contributed by atoms with Crippen molar-refractivity contribution in [2.24, 2.45) is 0 Å². The van der Waals surface area contributed by atoms with Crippen LogP contribution < -0.4 is 0 Å². The van der Waals surface area contributed by atoms with Crippen molar-refractivity contribution < 1.29 is 0 Å². The number of para-hydroxylation sites is 2. The number of fused-ring (bicyclic) bond motifs is 4. The van der Waals surface area contributed by atoms with E-state index in [1.54, 1.807) is 11.3 Å². The third-order valence-corrected chi connectivity index (χ3v) is 11.8. The molecule has 0 aliphatic carbocycles. The molecule has 11 aromatic rings. The van der Waals surface area contributed by atoms with Crippen molar-refractivity contribution in [3.8, 4) is 78.7 Å². The van der Waals surface area contributed by atoms with E-state index in [0.29, 0.717) is 17.5 Å². The Labute approximate surface area is 345 Å². The molecule has 0 radical (unpaired) electrons. The highest BCUT2D eigenvalue weighted by atomic mass is 32.1. The van der Waals surface area contributed by atoms with Gasteiger partial charge < -0.3 is 0 Å². The summed E-state index contributed by atoms with van der Waals surface area (Å²) in [5, 5.41) is 1.15. The molecular weight excluding hydrogens is 739 g/mol. The molecule has 276 valence electrons. The van der Waals surface area contributed by atoms with Crippen LogP contribution in [-0.4, -0.2) is 24.9 Å². The first-order valence-electron chi connectivity index (χ1n) is 19.6. The van der Waals surface area contributed by atoms with E-state index in [9.17, 15) is 0 Å². The molecule has 0 atom stereocenters. The number of aromatic nitrogens is 5. The zero-order chi connectivity index (χ0) is 39.1. The van der Waals surface area contributed by atoms with E-state index in [1.807, 2.05) is 60.7 Å². The number of hydrogen-bond acceptors (Lipinski definition) is 6. The first kappa shape index (κ1) is 34.6. The Bertz CT molecular complexity index is 3290.